The molecule has 6 nitrogen and oxygen atoms in total. The normalized spacial score (nSPS) is 11.6. The van der Waals surface area contributed by atoms with Crippen LogP contribution >= 0.6 is 23.2 Å². The number of aromatic nitrogens is 2. The van der Waals surface area contributed by atoms with Crippen LogP contribution in [0.25, 0.3) is 0 Å². The summed E-state index contributed by atoms with van der Waals surface area (Å²) in [5.74, 6) is 0.782. The second-order valence-electron chi connectivity index (χ2n) is 7.04. The van der Waals surface area contributed by atoms with Crippen LogP contribution in [0.1, 0.15) is 39.7 Å². The van der Waals surface area contributed by atoms with Gasteiger partial charge in [0, 0.05) is 18.1 Å². The molecule has 0 radical (unpaired) electrons. The van der Waals surface area contributed by atoms with Crippen molar-refractivity contribution >= 4 is 29.1 Å². The van der Waals surface area contributed by atoms with Crippen molar-refractivity contribution in [1.82, 2.24) is 15.1 Å². The first-order valence-electron chi connectivity index (χ1n) is 9.62. The number of nitrogens with one attached hydrogen (secondary N) is 1. The highest BCUT2D eigenvalue weighted by atomic mass is 35.5. The van der Waals surface area contributed by atoms with Gasteiger partial charge in [0.2, 0.25) is 0 Å². The maximum Gasteiger partial charge on any atom is 0.436 e. The van der Waals surface area contributed by atoms with E-state index in [1.165, 1.54) is 17.7 Å². The Balaban J connectivity index is 1.47. The van der Waals surface area contributed by atoms with Crippen LogP contribution in [0.15, 0.2) is 34.7 Å². The number of hydrogen-bond acceptors (Lipinski definition) is 4. The number of alkyl halides is 3. The van der Waals surface area contributed by atoms with Crippen molar-refractivity contribution < 1.29 is 27.1 Å². The van der Waals surface area contributed by atoms with Crippen LogP contribution in [-0.4, -0.2) is 22.2 Å². The minimum atomic E-state index is -4.62. The predicted octanol–water partition coefficient (Wildman–Crippen LogP) is 5.82. The summed E-state index contributed by atoms with van der Waals surface area (Å²) in [5.41, 5.74) is -0.0187. The van der Waals surface area contributed by atoms with Crippen LogP contribution in [-0.2, 0) is 19.3 Å². The lowest BCUT2D eigenvalue weighted by molar-refractivity contribution is -0.141. The molecule has 0 aliphatic heterocycles. The number of furan rings is 1. The first-order valence-corrected chi connectivity index (χ1v) is 10.4. The van der Waals surface area contributed by atoms with Crippen molar-refractivity contribution in [1.29, 1.82) is 0 Å². The largest absolute Gasteiger partial charge is 0.485 e. The van der Waals surface area contributed by atoms with Crippen molar-refractivity contribution in [2.24, 2.45) is 0 Å². The van der Waals surface area contributed by atoms with Gasteiger partial charge in [-0.2, -0.15) is 18.3 Å². The van der Waals surface area contributed by atoms with Crippen LogP contribution in [0.4, 0.5) is 13.2 Å². The lowest BCUT2D eigenvalue weighted by Gasteiger charge is -2.08. The van der Waals surface area contributed by atoms with Gasteiger partial charge in [0.05, 0.1) is 10.7 Å². The summed E-state index contributed by atoms with van der Waals surface area (Å²) in [6, 6.07) is 8.40. The molecule has 0 bridgehead atoms. The lowest BCUT2D eigenvalue weighted by atomic mass is 10.2. The molecule has 0 saturated carbocycles. The van der Waals surface area contributed by atoms with Crippen LogP contribution < -0.4 is 10.1 Å². The summed E-state index contributed by atoms with van der Waals surface area (Å²) in [4.78, 5) is 12.2. The predicted molar refractivity (Wildman–Crippen MR) is 113 cm³/mol. The van der Waals surface area contributed by atoms with Gasteiger partial charge in [-0.05, 0) is 56.2 Å². The Labute approximate surface area is 192 Å². The molecule has 0 aliphatic carbocycles. The molecule has 0 saturated heterocycles. The minimum Gasteiger partial charge on any atom is -0.485 e. The van der Waals surface area contributed by atoms with E-state index < -0.39 is 22.8 Å². The Morgan fingerprint density at radius 2 is 1.97 bits per heavy atom. The van der Waals surface area contributed by atoms with Gasteiger partial charge in [0.15, 0.2) is 11.5 Å². The molecule has 32 heavy (non-hydrogen) atoms. The number of ether oxygens (including phenoxy) is 1. The van der Waals surface area contributed by atoms with Gasteiger partial charge in [-0.1, -0.05) is 23.2 Å². The van der Waals surface area contributed by atoms with E-state index in [1.54, 1.807) is 24.3 Å². The zero-order valence-corrected chi connectivity index (χ0v) is 18.7. The fraction of sp³-hybridized carbons (Fsp3) is 0.333. The molecule has 0 fully saturated rings. The third-order valence-corrected chi connectivity index (χ3v) is 5.31. The standard InChI is InChI=1S/C21H20Cl2F3N3O3/c1-12-10-14(22)4-6-16(12)31-11-15-5-7-17(32-15)20(30)27-8-3-9-29-13(2)18(23)19(28-29)21(24,25)26/h4-7,10H,3,8-9,11H2,1-2H3,(H,27,30). The van der Waals surface area contributed by atoms with Gasteiger partial charge in [-0.15, -0.1) is 0 Å². The molecule has 1 amide bonds. The number of aryl methyl sites for hydroxylation is 2. The average molecular weight is 490 g/mol. The van der Waals surface area contributed by atoms with Crippen molar-refractivity contribution in [3.8, 4) is 5.75 Å². The summed E-state index contributed by atoms with van der Waals surface area (Å²) in [6.07, 6.45) is -4.26. The average Bonchev–Trinajstić information content (AvgIpc) is 3.30. The first-order chi connectivity index (χ1) is 15.1. The molecule has 2 heterocycles. The zero-order chi connectivity index (χ0) is 23.5. The van der Waals surface area contributed by atoms with Crippen LogP contribution in [0.2, 0.25) is 10.0 Å². The summed E-state index contributed by atoms with van der Waals surface area (Å²) in [7, 11) is 0. The van der Waals surface area contributed by atoms with Crippen molar-refractivity contribution in [2.45, 2.75) is 39.6 Å². The Morgan fingerprint density at radius 1 is 1.22 bits per heavy atom. The quantitative estimate of drug-likeness (QED) is 0.405. The fourth-order valence-corrected chi connectivity index (χ4v) is 3.41. The summed E-state index contributed by atoms with van der Waals surface area (Å²) < 4.78 is 51.0. The first kappa shape index (κ1) is 24.0. The molecular formula is C21H20Cl2F3N3O3. The van der Waals surface area contributed by atoms with Crippen LogP contribution in [0.5, 0.6) is 5.75 Å². The van der Waals surface area contributed by atoms with Gasteiger partial charge in [-0.25, -0.2) is 0 Å². The number of amides is 1. The number of carbonyl (C=O) groups is 1. The molecule has 0 atom stereocenters. The smallest absolute Gasteiger partial charge is 0.436 e. The van der Waals surface area contributed by atoms with Crippen LogP contribution in [0.3, 0.4) is 0 Å². The van der Waals surface area contributed by atoms with E-state index in [9.17, 15) is 18.0 Å². The molecule has 3 aromatic rings. The number of nitrogens with zero attached hydrogens (tertiary/aromatic N) is 2. The van der Waals surface area contributed by atoms with E-state index >= 15 is 0 Å². The van der Waals surface area contributed by atoms with E-state index in [4.69, 9.17) is 32.4 Å². The highest BCUT2D eigenvalue weighted by molar-refractivity contribution is 6.32. The molecular weight excluding hydrogens is 470 g/mol. The molecule has 0 unspecified atom stereocenters. The molecule has 0 spiro atoms. The summed E-state index contributed by atoms with van der Waals surface area (Å²) in [6.45, 7) is 3.84. The Hall–Kier alpha value is -2.65. The topological polar surface area (TPSA) is 69.3 Å². The Bertz CT molecular complexity index is 1110. The Morgan fingerprint density at radius 3 is 2.62 bits per heavy atom. The number of hydrogen-bond donors (Lipinski definition) is 1. The second-order valence-corrected chi connectivity index (χ2v) is 7.86. The van der Waals surface area contributed by atoms with Crippen LogP contribution in [0, 0.1) is 13.8 Å². The molecule has 1 aromatic carbocycles. The van der Waals surface area contributed by atoms with Crippen molar-refractivity contribution in [2.75, 3.05) is 6.54 Å². The third kappa shape index (κ3) is 5.77. The third-order valence-electron chi connectivity index (χ3n) is 4.63. The molecule has 3 rings (SSSR count). The van der Waals surface area contributed by atoms with E-state index in [0.717, 1.165) is 5.56 Å². The number of halogens is 5. The van der Waals surface area contributed by atoms with E-state index in [0.29, 0.717) is 23.0 Å². The molecule has 1 N–H and O–H groups in total. The fourth-order valence-electron chi connectivity index (χ4n) is 2.94. The molecule has 11 heteroatoms. The molecule has 0 aliphatic rings. The SMILES string of the molecule is Cc1cc(Cl)ccc1OCc1ccc(C(=O)NCCCn2nc(C(F)(F)F)c(Cl)c2C)o1. The summed E-state index contributed by atoms with van der Waals surface area (Å²) >= 11 is 11.6. The van der Waals surface area contributed by atoms with Gasteiger partial charge in [-0.3, -0.25) is 9.48 Å². The number of carbonyl (C=O) groups excluding carboxylic acids is 1. The highest BCUT2D eigenvalue weighted by Gasteiger charge is 2.38. The van der Waals surface area contributed by atoms with Crippen molar-refractivity contribution in [3.63, 3.8) is 0 Å². The lowest BCUT2D eigenvalue weighted by Crippen LogP contribution is -2.25. The number of benzene rings is 1. The van der Waals surface area contributed by atoms with Crippen molar-refractivity contribution in [3.05, 3.63) is 68.8 Å². The van der Waals surface area contributed by atoms with E-state index in [-0.39, 0.29) is 31.2 Å². The summed E-state index contributed by atoms with van der Waals surface area (Å²) in [5, 5.41) is 6.37. The van der Waals surface area contributed by atoms with Gasteiger partial charge in [0.25, 0.3) is 5.91 Å². The Kier molecular flexibility index (Phi) is 7.40. The van der Waals surface area contributed by atoms with E-state index in [2.05, 4.69) is 10.4 Å². The second kappa shape index (κ2) is 9.87. The minimum absolute atomic E-state index is 0.106. The van der Waals surface area contributed by atoms with Gasteiger partial charge in [0.1, 0.15) is 18.1 Å². The van der Waals surface area contributed by atoms with E-state index in [1.807, 2.05) is 6.92 Å². The molecule has 172 valence electrons. The maximum atomic E-state index is 12.9. The van der Waals surface area contributed by atoms with Gasteiger partial charge < -0.3 is 14.5 Å². The number of rotatable bonds is 8. The molecule has 2 aromatic heterocycles. The van der Waals surface area contributed by atoms with Gasteiger partial charge >= 0.3 is 6.18 Å². The zero-order valence-electron chi connectivity index (χ0n) is 17.2. The maximum absolute atomic E-state index is 12.9. The highest BCUT2D eigenvalue weighted by Crippen LogP contribution is 2.35. The monoisotopic (exact) mass is 489 g/mol.